The van der Waals surface area contributed by atoms with E-state index in [1.54, 1.807) is 5.57 Å². The topological polar surface area (TPSA) is 92.3 Å². The molecule has 0 unspecified atom stereocenters. The van der Waals surface area contributed by atoms with Crippen LogP contribution in [0.5, 0.6) is 0 Å². The van der Waals surface area contributed by atoms with E-state index < -0.39 is 5.60 Å². The van der Waals surface area contributed by atoms with Crippen LogP contribution < -0.4 is 5.73 Å². The molecule has 2 aromatic heterocycles. The van der Waals surface area contributed by atoms with Gasteiger partial charge in [0.25, 0.3) is 0 Å². The number of benzene rings is 1. The number of nitrogens with zero attached hydrogens (tertiary/aromatic N) is 3. The monoisotopic (exact) mass is 604 g/mol. The summed E-state index contributed by atoms with van der Waals surface area (Å²) in [5, 5.41) is 0.962. The molecule has 0 aliphatic heterocycles. The third-order valence-electron chi connectivity index (χ3n) is 8.11. The van der Waals surface area contributed by atoms with Gasteiger partial charge in [-0.05, 0) is 91.5 Å². The smallest absolute Gasteiger partial charge is 0.306 e. The lowest BCUT2D eigenvalue weighted by Gasteiger charge is -2.27. The predicted molar refractivity (Wildman–Crippen MR) is 184 cm³/mol. The summed E-state index contributed by atoms with van der Waals surface area (Å²) in [6.07, 6.45) is 17.9. The zero-order chi connectivity index (χ0) is 32.0. The number of ether oxygens (including phenoxy) is 2. The van der Waals surface area contributed by atoms with Crippen molar-refractivity contribution in [2.75, 3.05) is 12.3 Å². The Morgan fingerprint density at radius 2 is 1.68 bits per heavy atom. The Hall–Kier alpha value is -3.19. The maximum absolute atomic E-state index is 12.9. The lowest BCUT2D eigenvalue weighted by Crippen LogP contribution is -2.34. The highest BCUT2D eigenvalue weighted by atomic mass is 16.6. The fourth-order valence-corrected chi connectivity index (χ4v) is 5.79. The second-order valence-electron chi connectivity index (χ2n) is 12.6. The van der Waals surface area contributed by atoms with Crippen LogP contribution in [-0.2, 0) is 27.4 Å². The van der Waals surface area contributed by atoms with Gasteiger partial charge in [-0.25, -0.2) is 9.97 Å². The molecule has 0 atom stereocenters. The van der Waals surface area contributed by atoms with Crippen LogP contribution in [0.1, 0.15) is 124 Å². The van der Waals surface area contributed by atoms with Crippen molar-refractivity contribution in [3.63, 3.8) is 0 Å². The summed E-state index contributed by atoms with van der Waals surface area (Å²) in [4.78, 5) is 22.2. The zero-order valence-corrected chi connectivity index (χ0v) is 28.2. The van der Waals surface area contributed by atoms with Gasteiger partial charge in [-0.15, -0.1) is 0 Å². The van der Waals surface area contributed by atoms with Gasteiger partial charge in [-0.3, -0.25) is 4.79 Å². The van der Waals surface area contributed by atoms with E-state index in [2.05, 4.69) is 42.5 Å². The minimum atomic E-state index is -0.742. The van der Waals surface area contributed by atoms with Crippen molar-refractivity contribution in [2.45, 2.75) is 137 Å². The number of carbonyl (C=O) groups is 1. The molecule has 7 nitrogen and oxygen atoms in total. The van der Waals surface area contributed by atoms with E-state index in [0.717, 1.165) is 47.9 Å². The fraction of sp³-hybridized carbons (Fsp3) is 0.595. The third-order valence-corrected chi connectivity index (χ3v) is 8.11. The standard InChI is InChI=1S/C37H56N4O3/c1-7-19-29(8-2)22-15-12-14-21-28(4)20-13-10-11-16-25-33(42)44-37(5,6)27-41-32(26-43-9-3)40-34-35(41)30-23-17-18-24-31(30)39-36(34)38/h17-18,20,22-24H,7-16,19,21,25-27H2,1-6H3,(H2,38,39)/b28-20+,29-22+. The van der Waals surface area contributed by atoms with Crippen molar-refractivity contribution in [2.24, 2.45) is 0 Å². The molecule has 3 aromatic rings. The van der Waals surface area contributed by atoms with Crippen molar-refractivity contribution < 1.29 is 14.3 Å². The van der Waals surface area contributed by atoms with Crippen LogP contribution in [-0.4, -0.2) is 32.7 Å². The van der Waals surface area contributed by atoms with E-state index in [1.807, 2.05) is 45.0 Å². The summed E-state index contributed by atoms with van der Waals surface area (Å²) in [7, 11) is 0. The number of allylic oxidation sites excluding steroid dienone is 4. The number of pyridine rings is 1. The van der Waals surface area contributed by atoms with Gasteiger partial charge in [0.1, 0.15) is 23.5 Å². The number of hydrogen-bond acceptors (Lipinski definition) is 6. The van der Waals surface area contributed by atoms with Gasteiger partial charge < -0.3 is 19.8 Å². The number of hydrogen-bond donors (Lipinski definition) is 1. The first-order chi connectivity index (χ1) is 21.2. The lowest BCUT2D eigenvalue weighted by atomic mass is 10.0. The van der Waals surface area contributed by atoms with Gasteiger partial charge in [-0.1, -0.05) is 68.2 Å². The van der Waals surface area contributed by atoms with Crippen LogP contribution in [0.3, 0.4) is 0 Å². The SMILES string of the molecule is CCC/C(=C/CCCC/C(C)=C/CCCCCC(=O)OC(C)(C)Cn1c(COCC)nc2c(N)nc3ccccc3c21)CC. The number of carbonyl (C=O) groups excluding carboxylic acids is 1. The average Bonchev–Trinajstić information content (AvgIpc) is 3.34. The molecular weight excluding hydrogens is 548 g/mol. The molecule has 0 saturated heterocycles. The number of esters is 1. The Balaban J connectivity index is 1.47. The lowest BCUT2D eigenvalue weighted by molar-refractivity contribution is -0.157. The van der Waals surface area contributed by atoms with Crippen LogP contribution in [0.15, 0.2) is 47.6 Å². The molecule has 44 heavy (non-hydrogen) atoms. The summed E-state index contributed by atoms with van der Waals surface area (Å²) < 4.78 is 13.8. The summed E-state index contributed by atoms with van der Waals surface area (Å²) in [5.74, 6) is 0.965. The first-order valence-corrected chi connectivity index (χ1v) is 16.9. The first kappa shape index (κ1) is 35.3. The number of unbranched alkanes of at least 4 members (excludes halogenated alkanes) is 5. The summed E-state index contributed by atoms with van der Waals surface area (Å²) in [5.41, 5.74) is 11.0. The van der Waals surface area contributed by atoms with Gasteiger partial charge in [0, 0.05) is 18.4 Å². The highest BCUT2D eigenvalue weighted by Crippen LogP contribution is 2.31. The maximum Gasteiger partial charge on any atom is 0.306 e. The van der Waals surface area contributed by atoms with E-state index in [0.29, 0.717) is 37.5 Å². The van der Waals surface area contributed by atoms with E-state index in [1.165, 1.54) is 50.5 Å². The second kappa shape index (κ2) is 17.9. The predicted octanol–water partition coefficient (Wildman–Crippen LogP) is 9.62. The van der Waals surface area contributed by atoms with Crippen LogP contribution in [0, 0.1) is 0 Å². The number of para-hydroxylation sites is 1. The van der Waals surface area contributed by atoms with Crippen LogP contribution in [0.25, 0.3) is 21.9 Å². The molecule has 0 amide bonds. The first-order valence-electron chi connectivity index (χ1n) is 16.9. The van der Waals surface area contributed by atoms with Crippen LogP contribution in [0.4, 0.5) is 5.82 Å². The Kier molecular flexibility index (Phi) is 14.4. The molecule has 1 aromatic carbocycles. The molecule has 0 aliphatic rings. The molecule has 7 heteroatoms. The Bertz CT molecular complexity index is 1400. The Morgan fingerprint density at radius 1 is 0.955 bits per heavy atom. The van der Waals surface area contributed by atoms with Crippen molar-refractivity contribution in [3.05, 3.63) is 53.4 Å². The van der Waals surface area contributed by atoms with Gasteiger partial charge in [0.2, 0.25) is 0 Å². The molecule has 2 heterocycles. The highest BCUT2D eigenvalue weighted by molar-refractivity contribution is 6.06. The van der Waals surface area contributed by atoms with Gasteiger partial charge in [-0.2, -0.15) is 0 Å². The maximum atomic E-state index is 12.9. The molecule has 0 bridgehead atoms. The summed E-state index contributed by atoms with van der Waals surface area (Å²) in [6.45, 7) is 14.0. The molecule has 0 fully saturated rings. The molecule has 2 N–H and O–H groups in total. The van der Waals surface area contributed by atoms with Crippen molar-refractivity contribution in [3.8, 4) is 0 Å². The number of nitrogen functional groups attached to an aromatic ring is 1. The van der Waals surface area contributed by atoms with E-state index >= 15 is 0 Å². The average molecular weight is 605 g/mol. The minimum absolute atomic E-state index is 0.164. The third kappa shape index (κ3) is 10.8. The summed E-state index contributed by atoms with van der Waals surface area (Å²) in [6, 6.07) is 7.90. The number of nitrogens with two attached hydrogens (primary N) is 1. The van der Waals surface area contributed by atoms with Crippen LogP contribution in [0.2, 0.25) is 0 Å². The normalized spacial score (nSPS) is 12.9. The highest BCUT2D eigenvalue weighted by Gasteiger charge is 2.27. The Morgan fingerprint density at radius 3 is 2.43 bits per heavy atom. The minimum Gasteiger partial charge on any atom is -0.458 e. The zero-order valence-electron chi connectivity index (χ0n) is 28.2. The number of fused-ring (bicyclic) bond motifs is 3. The van der Waals surface area contributed by atoms with Crippen molar-refractivity contribution in [1.29, 1.82) is 0 Å². The van der Waals surface area contributed by atoms with Crippen LogP contribution >= 0.6 is 0 Å². The van der Waals surface area contributed by atoms with E-state index in [-0.39, 0.29) is 5.97 Å². The van der Waals surface area contributed by atoms with E-state index in [9.17, 15) is 4.79 Å². The van der Waals surface area contributed by atoms with Crippen molar-refractivity contribution >= 4 is 33.7 Å². The number of rotatable bonds is 20. The van der Waals surface area contributed by atoms with Gasteiger partial charge >= 0.3 is 5.97 Å². The van der Waals surface area contributed by atoms with Gasteiger partial charge in [0.15, 0.2) is 5.82 Å². The molecule has 0 saturated carbocycles. The Labute approximate surface area is 265 Å². The summed E-state index contributed by atoms with van der Waals surface area (Å²) >= 11 is 0. The molecule has 0 spiro atoms. The largest absolute Gasteiger partial charge is 0.458 e. The molecule has 0 aliphatic carbocycles. The molecule has 242 valence electrons. The molecule has 3 rings (SSSR count). The number of anilines is 1. The number of imidazole rings is 1. The van der Waals surface area contributed by atoms with Gasteiger partial charge in [0.05, 0.1) is 17.6 Å². The molecule has 0 radical (unpaired) electrons. The quantitative estimate of drug-likeness (QED) is 0.0784. The second-order valence-corrected chi connectivity index (χ2v) is 12.6. The van der Waals surface area contributed by atoms with E-state index in [4.69, 9.17) is 20.2 Å². The molecular formula is C37H56N4O3. The number of aromatic nitrogens is 3. The van der Waals surface area contributed by atoms with Crippen molar-refractivity contribution in [1.82, 2.24) is 14.5 Å². The fourth-order valence-electron chi connectivity index (χ4n) is 5.79.